The lowest BCUT2D eigenvalue weighted by atomic mass is 10.1. The van der Waals surface area contributed by atoms with Gasteiger partial charge in [-0.3, -0.25) is 0 Å². The second-order valence-corrected chi connectivity index (χ2v) is 8.37. The second kappa shape index (κ2) is 9.26. The fraction of sp³-hybridized carbons (Fsp3) is 0.320. The number of carbonyl (C=O) groups excluding carboxylic acids is 1. The minimum absolute atomic E-state index is 0.0582. The van der Waals surface area contributed by atoms with E-state index in [-0.39, 0.29) is 6.03 Å². The number of hydrogen-bond donors (Lipinski definition) is 2. The molecule has 2 N–H and O–H groups in total. The number of nitrogens with zero attached hydrogens (tertiary/aromatic N) is 4. The first-order valence-electron chi connectivity index (χ1n) is 10.9. The first-order chi connectivity index (χ1) is 15.4. The maximum absolute atomic E-state index is 12.7. The molecule has 0 aliphatic carbocycles. The number of aryl methyl sites for hydroxylation is 4. The molecule has 0 spiro atoms. The number of piperazine rings is 1. The predicted octanol–water partition coefficient (Wildman–Crippen LogP) is 4.81. The number of nitrogens with one attached hydrogen (secondary N) is 2. The van der Waals surface area contributed by atoms with Crippen LogP contribution in [0.3, 0.4) is 0 Å². The molecule has 0 atom stereocenters. The minimum Gasteiger partial charge on any atom is -0.353 e. The Bertz CT molecular complexity index is 1100. The van der Waals surface area contributed by atoms with Crippen LogP contribution in [-0.4, -0.2) is 47.1 Å². The van der Waals surface area contributed by atoms with Crippen LogP contribution in [0.1, 0.15) is 22.5 Å². The second-order valence-electron chi connectivity index (χ2n) is 8.37. The highest BCUT2D eigenvalue weighted by atomic mass is 16.2. The van der Waals surface area contributed by atoms with E-state index in [1.807, 2.05) is 56.0 Å². The zero-order chi connectivity index (χ0) is 22.7. The number of anilines is 4. The molecule has 0 unspecified atom stereocenters. The molecule has 7 heteroatoms. The van der Waals surface area contributed by atoms with Gasteiger partial charge in [-0.25, -0.2) is 14.8 Å². The highest BCUT2D eigenvalue weighted by Crippen LogP contribution is 2.22. The van der Waals surface area contributed by atoms with E-state index in [0.717, 1.165) is 41.7 Å². The summed E-state index contributed by atoms with van der Waals surface area (Å²) in [6.45, 7) is 10.8. The Morgan fingerprint density at radius 2 is 1.53 bits per heavy atom. The Balaban J connectivity index is 1.38. The van der Waals surface area contributed by atoms with E-state index in [9.17, 15) is 4.79 Å². The fourth-order valence-electron chi connectivity index (χ4n) is 3.85. The summed E-state index contributed by atoms with van der Waals surface area (Å²) in [7, 11) is 0. The SMILES string of the molecule is Cc1ccc(Nc2cc(N3CCN(C(=O)Nc4ccc(C)cc4C)CC3)nc(C)n2)cc1. The van der Waals surface area contributed by atoms with Gasteiger partial charge < -0.3 is 20.4 Å². The van der Waals surface area contributed by atoms with Gasteiger partial charge in [0.05, 0.1) is 0 Å². The largest absolute Gasteiger partial charge is 0.353 e. The van der Waals surface area contributed by atoms with Crippen LogP contribution in [0.15, 0.2) is 48.5 Å². The van der Waals surface area contributed by atoms with Gasteiger partial charge in [-0.1, -0.05) is 35.4 Å². The van der Waals surface area contributed by atoms with Gasteiger partial charge in [0, 0.05) is 43.6 Å². The number of amides is 2. The van der Waals surface area contributed by atoms with Crippen LogP contribution in [0, 0.1) is 27.7 Å². The van der Waals surface area contributed by atoms with Crippen molar-refractivity contribution in [3.63, 3.8) is 0 Å². The Morgan fingerprint density at radius 3 is 2.22 bits per heavy atom. The molecule has 1 aliphatic rings. The summed E-state index contributed by atoms with van der Waals surface area (Å²) >= 11 is 0. The maximum Gasteiger partial charge on any atom is 0.321 e. The third kappa shape index (κ3) is 5.17. The van der Waals surface area contributed by atoms with E-state index >= 15 is 0 Å². The van der Waals surface area contributed by atoms with Crippen LogP contribution in [0.25, 0.3) is 0 Å². The number of carbonyl (C=O) groups is 1. The van der Waals surface area contributed by atoms with E-state index in [1.54, 1.807) is 0 Å². The van der Waals surface area contributed by atoms with Crippen molar-refractivity contribution in [3.05, 3.63) is 71.0 Å². The maximum atomic E-state index is 12.7. The summed E-state index contributed by atoms with van der Waals surface area (Å²) < 4.78 is 0. The van der Waals surface area contributed by atoms with Crippen molar-refractivity contribution in [1.29, 1.82) is 0 Å². The monoisotopic (exact) mass is 430 g/mol. The number of hydrogen-bond acceptors (Lipinski definition) is 5. The molecule has 1 saturated heterocycles. The van der Waals surface area contributed by atoms with E-state index in [0.29, 0.717) is 18.9 Å². The third-order valence-corrected chi connectivity index (χ3v) is 5.66. The van der Waals surface area contributed by atoms with Crippen molar-refractivity contribution in [2.45, 2.75) is 27.7 Å². The smallest absolute Gasteiger partial charge is 0.321 e. The van der Waals surface area contributed by atoms with Crippen LogP contribution in [-0.2, 0) is 0 Å². The molecule has 1 aromatic heterocycles. The van der Waals surface area contributed by atoms with E-state index in [2.05, 4.69) is 50.6 Å². The van der Waals surface area contributed by atoms with Gasteiger partial charge in [-0.15, -0.1) is 0 Å². The first kappa shape index (κ1) is 21.6. The van der Waals surface area contributed by atoms with Crippen LogP contribution >= 0.6 is 0 Å². The van der Waals surface area contributed by atoms with Gasteiger partial charge in [0.2, 0.25) is 0 Å². The molecule has 2 aromatic carbocycles. The Kier molecular flexibility index (Phi) is 6.25. The summed E-state index contributed by atoms with van der Waals surface area (Å²) in [5.74, 6) is 2.36. The molecule has 166 valence electrons. The van der Waals surface area contributed by atoms with Gasteiger partial charge >= 0.3 is 6.03 Å². The van der Waals surface area contributed by atoms with Crippen molar-refractivity contribution in [2.75, 3.05) is 41.7 Å². The van der Waals surface area contributed by atoms with Gasteiger partial charge in [0.25, 0.3) is 0 Å². The summed E-state index contributed by atoms with van der Waals surface area (Å²) in [4.78, 5) is 26.0. The van der Waals surface area contributed by atoms with E-state index in [4.69, 9.17) is 0 Å². The standard InChI is InChI=1S/C25H30N6O/c1-17-5-8-21(9-6-17)28-23-16-24(27-20(4)26-23)30-11-13-31(14-12-30)25(32)29-22-10-7-18(2)15-19(22)3/h5-10,15-16H,11-14H2,1-4H3,(H,29,32)(H,26,27,28). The third-order valence-electron chi connectivity index (χ3n) is 5.66. The van der Waals surface area contributed by atoms with E-state index < -0.39 is 0 Å². The van der Waals surface area contributed by atoms with Gasteiger partial charge in [0.1, 0.15) is 17.5 Å². The average Bonchev–Trinajstić information content (AvgIpc) is 2.77. The van der Waals surface area contributed by atoms with Crippen molar-refractivity contribution in [1.82, 2.24) is 14.9 Å². The Labute approximate surface area is 189 Å². The molecule has 0 bridgehead atoms. The molecule has 1 aliphatic heterocycles. The molecule has 7 nitrogen and oxygen atoms in total. The van der Waals surface area contributed by atoms with Crippen molar-refractivity contribution < 1.29 is 4.79 Å². The summed E-state index contributed by atoms with van der Waals surface area (Å²) in [5, 5.41) is 6.41. The quantitative estimate of drug-likeness (QED) is 0.622. The Morgan fingerprint density at radius 1 is 0.844 bits per heavy atom. The molecule has 4 rings (SSSR count). The molecule has 3 aromatic rings. The summed E-state index contributed by atoms with van der Waals surface area (Å²) in [6.07, 6.45) is 0. The van der Waals surface area contributed by atoms with Gasteiger partial charge in [0.15, 0.2) is 0 Å². The van der Waals surface area contributed by atoms with Crippen LogP contribution in [0.5, 0.6) is 0 Å². The molecular weight excluding hydrogens is 400 g/mol. The topological polar surface area (TPSA) is 73.4 Å². The van der Waals surface area contributed by atoms with Crippen LogP contribution in [0.2, 0.25) is 0 Å². The molecule has 0 saturated carbocycles. The van der Waals surface area contributed by atoms with Crippen LogP contribution in [0.4, 0.5) is 27.8 Å². The number of benzene rings is 2. The summed E-state index contributed by atoms with van der Waals surface area (Å²) in [5.41, 5.74) is 5.33. The highest BCUT2D eigenvalue weighted by molar-refractivity contribution is 5.90. The average molecular weight is 431 g/mol. The fourth-order valence-corrected chi connectivity index (χ4v) is 3.85. The minimum atomic E-state index is -0.0582. The van der Waals surface area contributed by atoms with Crippen LogP contribution < -0.4 is 15.5 Å². The summed E-state index contributed by atoms with van der Waals surface area (Å²) in [6, 6.07) is 16.2. The first-order valence-corrected chi connectivity index (χ1v) is 10.9. The molecule has 32 heavy (non-hydrogen) atoms. The lowest BCUT2D eigenvalue weighted by molar-refractivity contribution is 0.208. The van der Waals surface area contributed by atoms with E-state index in [1.165, 1.54) is 11.1 Å². The molecule has 0 radical (unpaired) electrons. The van der Waals surface area contributed by atoms with Crippen molar-refractivity contribution in [2.24, 2.45) is 0 Å². The normalized spacial score (nSPS) is 13.8. The number of urea groups is 1. The lowest BCUT2D eigenvalue weighted by Crippen LogP contribution is -2.50. The number of aromatic nitrogens is 2. The van der Waals surface area contributed by atoms with Crippen molar-refractivity contribution >= 4 is 29.0 Å². The number of rotatable bonds is 4. The Hall–Kier alpha value is -3.61. The zero-order valence-electron chi connectivity index (χ0n) is 19.1. The molecule has 2 amide bonds. The molecular formula is C25H30N6O. The van der Waals surface area contributed by atoms with Gasteiger partial charge in [-0.05, 0) is 51.5 Å². The molecule has 2 heterocycles. The van der Waals surface area contributed by atoms with Crippen molar-refractivity contribution in [3.8, 4) is 0 Å². The predicted molar refractivity (Wildman–Crippen MR) is 130 cm³/mol. The van der Waals surface area contributed by atoms with Gasteiger partial charge in [-0.2, -0.15) is 0 Å². The zero-order valence-corrected chi connectivity index (χ0v) is 19.1. The lowest BCUT2D eigenvalue weighted by Gasteiger charge is -2.35. The molecule has 1 fully saturated rings. The highest BCUT2D eigenvalue weighted by Gasteiger charge is 2.23.